The first-order valence-corrected chi connectivity index (χ1v) is 8.60. The number of nitrogens with one attached hydrogen (secondary N) is 2. The lowest BCUT2D eigenvalue weighted by molar-refractivity contribution is -0.923. The zero-order chi connectivity index (χ0) is 17.3. The Morgan fingerprint density at radius 3 is 2.92 bits per heavy atom. The molecule has 0 saturated heterocycles. The number of anilines is 1. The monoisotopic (exact) mass is 355 g/mol. The highest BCUT2D eigenvalue weighted by Gasteiger charge is 2.31. The molecule has 24 heavy (non-hydrogen) atoms. The molecular formula is C17H18F3N2OS+. The zero-order valence-electron chi connectivity index (χ0n) is 13.1. The summed E-state index contributed by atoms with van der Waals surface area (Å²) in [5.41, 5.74) is 0.685. The molecule has 0 saturated carbocycles. The minimum Gasteiger partial charge on any atom is -0.321 e. The van der Waals surface area contributed by atoms with Crippen LogP contribution in [0.15, 0.2) is 35.7 Å². The van der Waals surface area contributed by atoms with Crippen LogP contribution in [0.3, 0.4) is 0 Å². The molecule has 1 aromatic carbocycles. The number of rotatable bonds is 3. The third kappa shape index (κ3) is 3.62. The smallest absolute Gasteiger partial charge is 0.321 e. The molecule has 1 aliphatic rings. The van der Waals surface area contributed by atoms with Crippen LogP contribution in [0.25, 0.3) is 0 Å². The van der Waals surface area contributed by atoms with Crippen molar-refractivity contribution in [2.24, 2.45) is 0 Å². The van der Waals surface area contributed by atoms with Crippen molar-refractivity contribution in [1.82, 2.24) is 0 Å². The maximum absolute atomic E-state index is 12.7. The second-order valence-corrected chi connectivity index (χ2v) is 6.98. The first-order chi connectivity index (χ1) is 11.3. The van der Waals surface area contributed by atoms with Crippen molar-refractivity contribution in [3.63, 3.8) is 0 Å². The van der Waals surface area contributed by atoms with Crippen LogP contribution >= 0.6 is 11.3 Å². The normalized spacial score (nSPS) is 20.5. The Morgan fingerprint density at radius 2 is 2.17 bits per heavy atom. The fourth-order valence-electron chi connectivity index (χ4n) is 3.08. The van der Waals surface area contributed by atoms with Crippen molar-refractivity contribution in [1.29, 1.82) is 0 Å². The van der Waals surface area contributed by atoms with E-state index in [4.69, 9.17) is 0 Å². The molecule has 1 amide bonds. The summed E-state index contributed by atoms with van der Waals surface area (Å²) in [4.78, 5) is 14.7. The predicted octanol–water partition coefficient (Wildman–Crippen LogP) is 2.91. The van der Waals surface area contributed by atoms with Gasteiger partial charge in [-0.25, -0.2) is 0 Å². The van der Waals surface area contributed by atoms with Gasteiger partial charge in [0.1, 0.15) is 6.04 Å². The number of hydrogen-bond acceptors (Lipinski definition) is 2. The fourth-order valence-corrected chi connectivity index (χ4v) is 4.06. The molecule has 0 radical (unpaired) electrons. The summed E-state index contributed by atoms with van der Waals surface area (Å²) in [6, 6.07) is 7.03. The van der Waals surface area contributed by atoms with Crippen molar-refractivity contribution in [2.75, 3.05) is 18.4 Å². The van der Waals surface area contributed by atoms with E-state index in [1.165, 1.54) is 22.6 Å². The van der Waals surface area contributed by atoms with E-state index in [1.807, 2.05) is 0 Å². The maximum Gasteiger partial charge on any atom is 0.416 e. The highest BCUT2D eigenvalue weighted by molar-refractivity contribution is 7.10. The lowest BCUT2D eigenvalue weighted by Crippen LogP contribution is -3.14. The zero-order valence-corrected chi connectivity index (χ0v) is 13.9. The first-order valence-electron chi connectivity index (χ1n) is 7.72. The second kappa shape index (κ2) is 6.57. The molecular weight excluding hydrogens is 337 g/mol. The summed E-state index contributed by atoms with van der Waals surface area (Å²) in [6.07, 6.45) is -3.48. The number of quaternary nitrogens is 1. The molecule has 0 aliphatic carbocycles. The van der Waals surface area contributed by atoms with Gasteiger partial charge in [-0.1, -0.05) is 6.07 Å². The van der Waals surface area contributed by atoms with Gasteiger partial charge in [-0.2, -0.15) is 13.2 Å². The van der Waals surface area contributed by atoms with Crippen molar-refractivity contribution in [2.45, 2.75) is 25.6 Å². The van der Waals surface area contributed by atoms with E-state index in [0.717, 1.165) is 30.0 Å². The first kappa shape index (κ1) is 17.0. The van der Waals surface area contributed by atoms with E-state index in [2.05, 4.69) is 23.7 Å². The molecule has 0 spiro atoms. The van der Waals surface area contributed by atoms with Gasteiger partial charge in [0.2, 0.25) is 0 Å². The summed E-state index contributed by atoms with van der Waals surface area (Å²) in [6.45, 7) is 3.18. The van der Waals surface area contributed by atoms with Gasteiger partial charge in [-0.3, -0.25) is 4.79 Å². The van der Waals surface area contributed by atoms with Crippen LogP contribution in [0.5, 0.6) is 0 Å². The van der Waals surface area contributed by atoms with Crippen LogP contribution in [0.4, 0.5) is 18.9 Å². The molecule has 1 unspecified atom stereocenters. The van der Waals surface area contributed by atoms with Gasteiger partial charge in [0.25, 0.3) is 5.91 Å². The maximum atomic E-state index is 12.7. The summed E-state index contributed by atoms with van der Waals surface area (Å²) in [5.74, 6) is -0.269. The van der Waals surface area contributed by atoms with Gasteiger partial charge in [-0.05, 0) is 36.6 Å². The third-order valence-corrected chi connectivity index (χ3v) is 5.39. The van der Waals surface area contributed by atoms with Crippen LogP contribution in [0, 0.1) is 0 Å². The Kier molecular flexibility index (Phi) is 4.64. The number of thiophene rings is 1. The van der Waals surface area contributed by atoms with Crippen molar-refractivity contribution in [3.05, 3.63) is 51.7 Å². The Morgan fingerprint density at radius 1 is 1.38 bits per heavy atom. The minimum atomic E-state index is -4.41. The Hall–Kier alpha value is -1.86. The molecule has 1 aromatic heterocycles. The number of carbonyl (C=O) groups is 1. The summed E-state index contributed by atoms with van der Waals surface area (Å²) in [7, 11) is 0. The molecule has 2 N–H and O–H groups in total. The Balaban J connectivity index is 1.64. The number of hydrogen-bond donors (Lipinski definition) is 2. The van der Waals surface area contributed by atoms with E-state index in [9.17, 15) is 18.0 Å². The van der Waals surface area contributed by atoms with Gasteiger partial charge in [0.05, 0.1) is 12.1 Å². The molecule has 0 bridgehead atoms. The van der Waals surface area contributed by atoms with Crippen LogP contribution < -0.4 is 10.2 Å². The van der Waals surface area contributed by atoms with Crippen LogP contribution in [0.2, 0.25) is 0 Å². The van der Waals surface area contributed by atoms with Crippen LogP contribution in [0.1, 0.15) is 29.0 Å². The SMILES string of the molecule is C[C@@H]1c2ccsc2CC[NH+]1CC(=O)Nc1cccc(C(F)(F)F)c1. The summed E-state index contributed by atoms with van der Waals surface area (Å²) >= 11 is 1.74. The molecule has 0 fully saturated rings. The number of amides is 1. The van der Waals surface area contributed by atoms with Gasteiger partial charge in [0.15, 0.2) is 6.54 Å². The molecule has 2 heterocycles. The minimum absolute atomic E-state index is 0.176. The second-order valence-electron chi connectivity index (χ2n) is 5.98. The number of benzene rings is 1. The van der Waals surface area contributed by atoms with E-state index in [-0.39, 0.29) is 24.2 Å². The number of alkyl halides is 3. The summed E-state index contributed by atoms with van der Waals surface area (Å²) in [5, 5.41) is 4.65. The van der Waals surface area contributed by atoms with Crippen molar-refractivity contribution < 1.29 is 22.9 Å². The lowest BCUT2D eigenvalue weighted by Gasteiger charge is -2.29. The number of carbonyl (C=O) groups excluding carboxylic acids is 1. The molecule has 3 rings (SSSR count). The Bertz CT molecular complexity index is 741. The van der Waals surface area contributed by atoms with E-state index < -0.39 is 11.7 Å². The van der Waals surface area contributed by atoms with Gasteiger partial charge >= 0.3 is 6.18 Å². The molecule has 128 valence electrons. The number of fused-ring (bicyclic) bond motifs is 1. The van der Waals surface area contributed by atoms with E-state index in [1.54, 1.807) is 11.3 Å². The highest BCUT2D eigenvalue weighted by atomic mass is 32.1. The molecule has 3 nitrogen and oxygen atoms in total. The lowest BCUT2D eigenvalue weighted by atomic mass is 10.0. The van der Waals surface area contributed by atoms with E-state index >= 15 is 0 Å². The van der Waals surface area contributed by atoms with Gasteiger partial charge < -0.3 is 10.2 Å². The molecule has 2 aromatic rings. The standard InChI is InChI=1S/C17H17F3N2OS/c1-11-14-6-8-24-15(14)5-7-22(11)10-16(23)21-13-4-2-3-12(9-13)17(18,19)20/h2-4,6,8-9,11H,5,7,10H2,1H3,(H,21,23)/p+1/t11-/m1/s1. The molecule has 2 atom stereocenters. The average Bonchev–Trinajstić information content (AvgIpc) is 2.99. The fraction of sp³-hybridized carbons (Fsp3) is 0.353. The van der Waals surface area contributed by atoms with Crippen molar-refractivity contribution in [3.8, 4) is 0 Å². The third-order valence-electron chi connectivity index (χ3n) is 4.39. The molecule has 7 heteroatoms. The summed E-state index contributed by atoms with van der Waals surface area (Å²) < 4.78 is 38.2. The topological polar surface area (TPSA) is 33.5 Å². The largest absolute Gasteiger partial charge is 0.416 e. The van der Waals surface area contributed by atoms with E-state index in [0.29, 0.717) is 0 Å². The average molecular weight is 355 g/mol. The highest BCUT2D eigenvalue weighted by Crippen LogP contribution is 2.30. The number of halogens is 3. The molecule has 1 aliphatic heterocycles. The van der Waals surface area contributed by atoms with Crippen molar-refractivity contribution >= 4 is 22.9 Å². The van der Waals surface area contributed by atoms with Gasteiger partial charge in [-0.15, -0.1) is 11.3 Å². The predicted molar refractivity (Wildman–Crippen MR) is 87.2 cm³/mol. The van der Waals surface area contributed by atoms with Gasteiger partial charge in [0, 0.05) is 22.5 Å². The quantitative estimate of drug-likeness (QED) is 0.872. The van der Waals surface area contributed by atoms with Crippen LogP contribution in [-0.4, -0.2) is 19.0 Å². The van der Waals surface area contributed by atoms with Crippen LogP contribution in [-0.2, 0) is 17.4 Å². The Labute approximate surface area is 142 Å².